The normalized spacial score (nSPS) is 19.0. The molecule has 1 fully saturated rings. The van der Waals surface area contributed by atoms with Crippen molar-refractivity contribution >= 4 is 17.5 Å². The van der Waals surface area contributed by atoms with Crippen LogP contribution in [0.25, 0.3) is 0 Å². The molecular formula is C18H17F5N4O2. The van der Waals surface area contributed by atoms with Gasteiger partial charge >= 0.3 is 6.36 Å². The number of likely N-dealkylation sites (tertiary alicyclic amines) is 1. The van der Waals surface area contributed by atoms with Gasteiger partial charge in [0.25, 0.3) is 11.8 Å². The Kier molecular flexibility index (Phi) is 5.58. The highest BCUT2D eigenvalue weighted by Gasteiger charge is 2.41. The Hall–Kier alpha value is -2.98. The first-order valence-corrected chi connectivity index (χ1v) is 8.67. The van der Waals surface area contributed by atoms with Gasteiger partial charge in [-0.15, -0.1) is 13.2 Å². The van der Waals surface area contributed by atoms with Crippen molar-refractivity contribution in [3.63, 3.8) is 0 Å². The third-order valence-corrected chi connectivity index (χ3v) is 4.31. The lowest BCUT2D eigenvalue weighted by Crippen LogP contribution is -2.50. The summed E-state index contributed by atoms with van der Waals surface area (Å²) in [6.45, 7) is 0.996. The molecule has 11 heteroatoms. The average Bonchev–Trinajstić information content (AvgIpc) is 2.62. The number of hydrogen-bond donors (Lipinski definition) is 1. The van der Waals surface area contributed by atoms with Crippen LogP contribution in [0.3, 0.4) is 0 Å². The lowest BCUT2D eigenvalue weighted by Gasteiger charge is -2.37. The first kappa shape index (κ1) is 20.7. The van der Waals surface area contributed by atoms with Crippen molar-refractivity contribution in [3.05, 3.63) is 42.2 Å². The van der Waals surface area contributed by atoms with E-state index in [1.807, 2.05) is 0 Å². The molecule has 6 nitrogen and oxygen atoms in total. The monoisotopic (exact) mass is 416 g/mol. The molecular weight excluding hydrogens is 399 g/mol. The molecule has 2 aromatic rings. The van der Waals surface area contributed by atoms with E-state index in [-0.39, 0.29) is 36.2 Å². The van der Waals surface area contributed by atoms with E-state index in [0.29, 0.717) is 0 Å². The Balaban J connectivity index is 1.76. The third kappa shape index (κ3) is 5.52. The molecule has 0 saturated carbocycles. The maximum absolute atomic E-state index is 13.7. The number of rotatable bonds is 4. The molecule has 3 heterocycles. The molecule has 156 valence electrons. The summed E-state index contributed by atoms with van der Waals surface area (Å²) in [6.07, 6.45) is -3.85. The van der Waals surface area contributed by atoms with Gasteiger partial charge in [0.05, 0.1) is 6.54 Å². The maximum atomic E-state index is 13.7. The smallest absolute Gasteiger partial charge is 0.406 e. The van der Waals surface area contributed by atoms with Gasteiger partial charge in [-0.2, -0.15) is 0 Å². The van der Waals surface area contributed by atoms with E-state index in [9.17, 15) is 26.7 Å². The number of hydrogen-bond acceptors (Lipinski definition) is 5. The van der Waals surface area contributed by atoms with Gasteiger partial charge in [0.15, 0.2) is 0 Å². The number of carbonyl (C=O) groups is 1. The zero-order chi connectivity index (χ0) is 21.2. The third-order valence-electron chi connectivity index (χ3n) is 4.31. The fourth-order valence-corrected chi connectivity index (χ4v) is 2.91. The number of pyridine rings is 2. The zero-order valence-corrected chi connectivity index (χ0v) is 15.2. The van der Waals surface area contributed by atoms with Gasteiger partial charge < -0.3 is 15.0 Å². The van der Waals surface area contributed by atoms with Gasteiger partial charge in [-0.25, -0.2) is 18.7 Å². The molecule has 2 aromatic heterocycles. The molecule has 1 aliphatic heterocycles. The van der Waals surface area contributed by atoms with Crippen LogP contribution in [0.5, 0.6) is 5.75 Å². The highest BCUT2D eigenvalue weighted by atomic mass is 19.4. The van der Waals surface area contributed by atoms with Crippen molar-refractivity contribution in [2.45, 2.75) is 38.1 Å². The number of aromatic nitrogens is 2. The number of alkyl halides is 5. The Bertz CT molecular complexity index is 891. The van der Waals surface area contributed by atoms with E-state index < -0.39 is 30.5 Å². The molecule has 0 bridgehead atoms. The molecule has 1 atom stereocenters. The minimum Gasteiger partial charge on any atom is -0.406 e. The summed E-state index contributed by atoms with van der Waals surface area (Å²) in [6, 6.07) is 6.00. The largest absolute Gasteiger partial charge is 0.573 e. The highest BCUT2D eigenvalue weighted by Crippen LogP contribution is 2.31. The maximum Gasteiger partial charge on any atom is 0.573 e. The molecule has 0 aliphatic carbocycles. The second kappa shape index (κ2) is 7.80. The van der Waals surface area contributed by atoms with Crippen LogP contribution in [0.2, 0.25) is 0 Å². The lowest BCUT2D eigenvalue weighted by molar-refractivity contribution is -0.274. The summed E-state index contributed by atoms with van der Waals surface area (Å²) in [4.78, 5) is 21.7. The molecule has 1 N–H and O–H groups in total. The van der Waals surface area contributed by atoms with Gasteiger partial charge in [-0.1, -0.05) is 6.07 Å². The number of carbonyl (C=O) groups excluding carboxylic acids is 1. The number of nitrogens with zero attached hydrogens (tertiary/aromatic N) is 3. The number of ether oxygens (including phenoxy) is 1. The van der Waals surface area contributed by atoms with Crippen LogP contribution in [0.4, 0.5) is 33.6 Å². The minimum absolute atomic E-state index is 0.00160. The number of amides is 1. The summed E-state index contributed by atoms with van der Waals surface area (Å²) >= 11 is 0. The summed E-state index contributed by atoms with van der Waals surface area (Å²) in [5.41, 5.74) is -0.0674. The van der Waals surface area contributed by atoms with E-state index in [2.05, 4.69) is 20.0 Å². The predicted octanol–water partition coefficient (Wildman–Crippen LogP) is 4.38. The average molecular weight is 416 g/mol. The van der Waals surface area contributed by atoms with Crippen molar-refractivity contribution in [1.29, 1.82) is 0 Å². The first-order valence-electron chi connectivity index (χ1n) is 8.67. The van der Waals surface area contributed by atoms with Gasteiger partial charge in [0.1, 0.15) is 23.1 Å². The summed E-state index contributed by atoms with van der Waals surface area (Å²) < 4.78 is 68.2. The summed E-state index contributed by atoms with van der Waals surface area (Å²) in [5.74, 6) is -3.97. The van der Waals surface area contributed by atoms with Crippen LogP contribution in [-0.2, 0) is 0 Å². The molecule has 1 saturated heterocycles. The van der Waals surface area contributed by atoms with E-state index in [1.54, 1.807) is 6.92 Å². The second-order valence-electron chi connectivity index (χ2n) is 6.63. The van der Waals surface area contributed by atoms with E-state index in [4.69, 9.17) is 0 Å². The molecule has 1 amide bonds. The van der Waals surface area contributed by atoms with Crippen LogP contribution >= 0.6 is 0 Å². The molecule has 1 aliphatic rings. The van der Waals surface area contributed by atoms with Crippen molar-refractivity contribution in [1.82, 2.24) is 14.9 Å². The Morgan fingerprint density at radius 2 is 2.03 bits per heavy atom. The fraction of sp³-hybridized carbons (Fsp3) is 0.389. The van der Waals surface area contributed by atoms with Crippen LogP contribution < -0.4 is 10.1 Å². The lowest BCUT2D eigenvalue weighted by atomic mass is 10.00. The van der Waals surface area contributed by atoms with Crippen LogP contribution in [0.15, 0.2) is 36.5 Å². The molecule has 0 unspecified atom stereocenters. The van der Waals surface area contributed by atoms with Gasteiger partial charge in [0.2, 0.25) is 0 Å². The van der Waals surface area contributed by atoms with E-state index >= 15 is 0 Å². The number of anilines is 2. The van der Waals surface area contributed by atoms with Crippen molar-refractivity contribution < 1.29 is 31.5 Å². The van der Waals surface area contributed by atoms with Crippen molar-refractivity contribution in [2.75, 3.05) is 11.9 Å². The zero-order valence-electron chi connectivity index (χ0n) is 15.2. The fourth-order valence-electron chi connectivity index (χ4n) is 2.91. The summed E-state index contributed by atoms with van der Waals surface area (Å²) in [7, 11) is 0. The van der Waals surface area contributed by atoms with Gasteiger partial charge in [-0.05, 0) is 31.5 Å². The first-order chi connectivity index (χ1) is 13.5. The second-order valence-corrected chi connectivity index (χ2v) is 6.63. The Labute approximate surface area is 162 Å². The standard InChI is InChI=1S/C18H17F5N4O2/c1-11-5-7-17(19,20)10-27(11)16(28)13-3-2-4-14(25-13)26-15-9-12(6-8-24-15)29-18(21,22)23/h2-4,6,8-9,11H,5,7,10H2,1H3,(H,24,25,26)/t11-/m0/s1. The minimum atomic E-state index is -4.85. The van der Waals surface area contributed by atoms with E-state index in [0.717, 1.165) is 23.2 Å². The molecule has 3 rings (SSSR count). The molecule has 0 aromatic carbocycles. The van der Waals surface area contributed by atoms with Crippen molar-refractivity contribution in [2.24, 2.45) is 0 Å². The van der Waals surface area contributed by atoms with Gasteiger partial charge in [0, 0.05) is 24.7 Å². The number of piperidine rings is 1. The SMILES string of the molecule is C[C@H]1CCC(F)(F)CN1C(=O)c1cccc(Nc2cc(OC(F)(F)F)ccn2)n1. The molecule has 29 heavy (non-hydrogen) atoms. The number of nitrogens with one attached hydrogen (secondary N) is 1. The highest BCUT2D eigenvalue weighted by molar-refractivity contribution is 5.93. The van der Waals surface area contributed by atoms with Crippen molar-refractivity contribution in [3.8, 4) is 5.75 Å². The molecule has 0 radical (unpaired) electrons. The van der Waals surface area contributed by atoms with E-state index in [1.165, 1.54) is 18.2 Å². The van der Waals surface area contributed by atoms with Gasteiger partial charge in [-0.3, -0.25) is 4.79 Å². The van der Waals surface area contributed by atoms with Crippen LogP contribution in [-0.4, -0.2) is 45.6 Å². The predicted molar refractivity (Wildman–Crippen MR) is 93.1 cm³/mol. The van der Waals surface area contributed by atoms with Crippen LogP contribution in [0.1, 0.15) is 30.3 Å². The molecule has 0 spiro atoms. The van der Waals surface area contributed by atoms with Crippen LogP contribution in [0, 0.1) is 0 Å². The Morgan fingerprint density at radius 3 is 2.76 bits per heavy atom. The quantitative estimate of drug-likeness (QED) is 0.750. The summed E-state index contributed by atoms with van der Waals surface area (Å²) in [5, 5.41) is 2.67. The number of halogens is 5. The topological polar surface area (TPSA) is 67.4 Å². The Morgan fingerprint density at radius 1 is 1.28 bits per heavy atom.